The summed E-state index contributed by atoms with van der Waals surface area (Å²) in [6.07, 6.45) is 5.03. The van der Waals surface area contributed by atoms with Crippen molar-refractivity contribution in [1.82, 2.24) is 24.1 Å². The molecule has 0 aliphatic rings. The molecule has 0 aliphatic carbocycles. The predicted molar refractivity (Wildman–Crippen MR) is 89.6 cm³/mol. The number of nitrogens with one attached hydrogen (secondary N) is 1. The van der Waals surface area contributed by atoms with Gasteiger partial charge in [0.15, 0.2) is 5.82 Å². The lowest BCUT2D eigenvalue weighted by atomic mass is 10.2. The van der Waals surface area contributed by atoms with Gasteiger partial charge in [0.2, 0.25) is 0 Å². The zero-order valence-electron chi connectivity index (χ0n) is 12.9. The maximum absolute atomic E-state index is 12.4. The molecular weight excluding hydrogens is 304 g/mol. The lowest BCUT2D eigenvalue weighted by Crippen LogP contribution is -2.14. The Balaban J connectivity index is 1.56. The smallest absolute Gasteiger partial charge is 0.274 e. The lowest BCUT2D eigenvalue weighted by Gasteiger charge is -2.05. The predicted octanol–water partition coefficient (Wildman–Crippen LogP) is 2.38. The Hall–Kier alpha value is -3.48. The molecule has 0 saturated heterocycles. The minimum Gasteiger partial charge on any atom is -0.321 e. The number of hydrogen-bond acceptors (Lipinski definition) is 4. The number of amides is 1. The molecule has 3 heterocycles. The second-order valence-electron chi connectivity index (χ2n) is 5.35. The Morgan fingerprint density at radius 1 is 1.08 bits per heavy atom. The van der Waals surface area contributed by atoms with Crippen molar-refractivity contribution in [2.24, 2.45) is 7.05 Å². The number of benzene rings is 1. The molecule has 1 amide bonds. The number of rotatable bonds is 3. The SMILES string of the molecule is Cn1cnc(-c2ccc(NC(=O)c3cnc4ccccn34)cc2)n1. The van der Waals surface area contributed by atoms with Gasteiger partial charge >= 0.3 is 0 Å². The number of fused-ring (bicyclic) bond motifs is 1. The third kappa shape index (κ3) is 2.52. The van der Waals surface area contributed by atoms with Gasteiger partial charge in [-0.2, -0.15) is 5.10 Å². The highest BCUT2D eigenvalue weighted by atomic mass is 16.1. The number of nitrogens with zero attached hydrogens (tertiary/aromatic N) is 5. The van der Waals surface area contributed by atoms with Crippen molar-refractivity contribution in [2.45, 2.75) is 0 Å². The normalized spacial score (nSPS) is 10.9. The fourth-order valence-corrected chi connectivity index (χ4v) is 2.47. The van der Waals surface area contributed by atoms with Crippen LogP contribution in [0.15, 0.2) is 61.2 Å². The Bertz CT molecular complexity index is 1010. The van der Waals surface area contributed by atoms with Crippen molar-refractivity contribution in [3.8, 4) is 11.4 Å². The minimum absolute atomic E-state index is 0.211. The van der Waals surface area contributed by atoms with E-state index in [0.717, 1.165) is 11.2 Å². The number of carbonyl (C=O) groups excluding carboxylic acids is 1. The van der Waals surface area contributed by atoms with E-state index in [9.17, 15) is 4.79 Å². The second-order valence-corrected chi connectivity index (χ2v) is 5.35. The first-order valence-corrected chi connectivity index (χ1v) is 7.40. The van der Waals surface area contributed by atoms with Gasteiger partial charge in [0, 0.05) is 24.5 Å². The van der Waals surface area contributed by atoms with Crippen LogP contribution in [-0.2, 0) is 7.05 Å². The monoisotopic (exact) mass is 318 g/mol. The van der Waals surface area contributed by atoms with Gasteiger partial charge in [-0.3, -0.25) is 13.9 Å². The molecule has 0 saturated carbocycles. The Morgan fingerprint density at radius 3 is 2.67 bits per heavy atom. The van der Waals surface area contributed by atoms with E-state index >= 15 is 0 Å². The van der Waals surface area contributed by atoms with Crippen molar-refractivity contribution in [3.63, 3.8) is 0 Å². The highest BCUT2D eigenvalue weighted by molar-refractivity contribution is 6.03. The summed E-state index contributed by atoms with van der Waals surface area (Å²) in [6, 6.07) is 13.0. The van der Waals surface area contributed by atoms with Gasteiger partial charge in [0.05, 0.1) is 6.20 Å². The van der Waals surface area contributed by atoms with Crippen LogP contribution >= 0.6 is 0 Å². The van der Waals surface area contributed by atoms with E-state index in [1.54, 1.807) is 21.6 Å². The van der Waals surface area contributed by atoms with E-state index < -0.39 is 0 Å². The van der Waals surface area contributed by atoms with Gasteiger partial charge in [-0.25, -0.2) is 9.97 Å². The molecule has 4 aromatic rings. The zero-order valence-corrected chi connectivity index (χ0v) is 12.9. The van der Waals surface area contributed by atoms with E-state index in [0.29, 0.717) is 17.2 Å². The number of carbonyl (C=O) groups is 1. The molecule has 1 N–H and O–H groups in total. The summed E-state index contributed by atoms with van der Waals surface area (Å²) in [4.78, 5) is 20.9. The minimum atomic E-state index is -0.211. The van der Waals surface area contributed by atoms with Gasteiger partial charge in [0.1, 0.15) is 17.7 Å². The lowest BCUT2D eigenvalue weighted by molar-refractivity contribution is 0.102. The van der Waals surface area contributed by atoms with Crippen molar-refractivity contribution in [1.29, 1.82) is 0 Å². The summed E-state index contributed by atoms with van der Waals surface area (Å²) in [5, 5.41) is 7.13. The second kappa shape index (κ2) is 5.62. The van der Waals surface area contributed by atoms with Crippen molar-refractivity contribution in [3.05, 3.63) is 66.9 Å². The van der Waals surface area contributed by atoms with E-state index in [4.69, 9.17) is 0 Å². The standard InChI is InChI=1S/C17H14N6O/c1-22-11-19-16(21-22)12-5-7-13(8-6-12)20-17(24)14-10-18-15-4-2-3-9-23(14)15/h2-11H,1H3,(H,20,24). The highest BCUT2D eigenvalue weighted by Crippen LogP contribution is 2.18. The van der Waals surface area contributed by atoms with Crippen LogP contribution in [-0.4, -0.2) is 30.1 Å². The highest BCUT2D eigenvalue weighted by Gasteiger charge is 2.12. The molecule has 0 aliphatic heterocycles. The molecule has 7 heteroatoms. The number of imidazole rings is 1. The van der Waals surface area contributed by atoms with Crippen LogP contribution in [0.1, 0.15) is 10.5 Å². The molecule has 0 unspecified atom stereocenters. The zero-order chi connectivity index (χ0) is 16.5. The van der Waals surface area contributed by atoms with Crippen LogP contribution in [0.25, 0.3) is 17.0 Å². The topological polar surface area (TPSA) is 77.1 Å². The number of aryl methyl sites for hydroxylation is 1. The molecule has 0 bridgehead atoms. The quantitative estimate of drug-likeness (QED) is 0.629. The van der Waals surface area contributed by atoms with Gasteiger partial charge in [-0.15, -0.1) is 0 Å². The van der Waals surface area contributed by atoms with Gasteiger partial charge in [-0.05, 0) is 36.4 Å². The molecule has 1 aromatic carbocycles. The number of pyridine rings is 1. The number of anilines is 1. The number of hydrogen-bond donors (Lipinski definition) is 1. The molecule has 0 spiro atoms. The van der Waals surface area contributed by atoms with Gasteiger partial charge in [0.25, 0.3) is 5.91 Å². The van der Waals surface area contributed by atoms with Crippen LogP contribution in [0.5, 0.6) is 0 Å². The summed E-state index contributed by atoms with van der Waals surface area (Å²) in [7, 11) is 1.82. The summed E-state index contributed by atoms with van der Waals surface area (Å²) in [6.45, 7) is 0. The van der Waals surface area contributed by atoms with Crippen LogP contribution < -0.4 is 5.32 Å². The van der Waals surface area contributed by atoms with Crippen LogP contribution in [0, 0.1) is 0 Å². The van der Waals surface area contributed by atoms with Crippen LogP contribution in [0.3, 0.4) is 0 Å². The maximum Gasteiger partial charge on any atom is 0.274 e. The first-order chi connectivity index (χ1) is 11.7. The molecule has 3 aromatic heterocycles. The largest absolute Gasteiger partial charge is 0.321 e. The van der Waals surface area contributed by atoms with Gasteiger partial charge < -0.3 is 5.32 Å². The maximum atomic E-state index is 12.4. The first-order valence-electron chi connectivity index (χ1n) is 7.40. The molecular formula is C17H14N6O. The van der Waals surface area contributed by atoms with Crippen LogP contribution in [0.2, 0.25) is 0 Å². The van der Waals surface area contributed by atoms with E-state index in [2.05, 4.69) is 20.4 Å². The average Bonchev–Trinajstić information content (AvgIpc) is 3.22. The summed E-state index contributed by atoms with van der Waals surface area (Å²) in [5.74, 6) is 0.439. The molecule has 7 nitrogen and oxygen atoms in total. The van der Waals surface area contributed by atoms with E-state index in [1.165, 1.54) is 0 Å². The Morgan fingerprint density at radius 2 is 1.92 bits per heavy atom. The molecule has 4 rings (SSSR count). The summed E-state index contributed by atoms with van der Waals surface area (Å²) in [5.41, 5.74) is 2.81. The fraction of sp³-hybridized carbons (Fsp3) is 0.0588. The first kappa shape index (κ1) is 14.1. The summed E-state index contributed by atoms with van der Waals surface area (Å²) < 4.78 is 3.40. The van der Waals surface area contributed by atoms with Crippen molar-refractivity contribution >= 4 is 17.2 Å². The van der Waals surface area contributed by atoms with Crippen LogP contribution in [0.4, 0.5) is 5.69 Å². The molecule has 0 radical (unpaired) electrons. The van der Waals surface area contributed by atoms with E-state index in [-0.39, 0.29) is 5.91 Å². The molecule has 118 valence electrons. The molecule has 24 heavy (non-hydrogen) atoms. The molecule has 0 atom stereocenters. The van der Waals surface area contributed by atoms with Crippen molar-refractivity contribution < 1.29 is 4.79 Å². The third-order valence-electron chi connectivity index (χ3n) is 3.65. The summed E-state index contributed by atoms with van der Waals surface area (Å²) >= 11 is 0. The van der Waals surface area contributed by atoms with E-state index in [1.807, 2.05) is 55.7 Å². The Labute approximate surface area is 137 Å². The Kier molecular flexibility index (Phi) is 3.31. The average molecular weight is 318 g/mol. The number of aromatic nitrogens is 5. The van der Waals surface area contributed by atoms with Crippen molar-refractivity contribution in [2.75, 3.05) is 5.32 Å². The van der Waals surface area contributed by atoms with Gasteiger partial charge in [-0.1, -0.05) is 6.07 Å². The molecule has 0 fully saturated rings. The fourth-order valence-electron chi connectivity index (χ4n) is 2.47. The third-order valence-corrected chi connectivity index (χ3v) is 3.65.